The molecule has 2 aromatic rings. The van der Waals surface area contributed by atoms with Crippen LogP contribution in [0.2, 0.25) is 0 Å². The summed E-state index contributed by atoms with van der Waals surface area (Å²) < 4.78 is 14.2. The Hall–Kier alpha value is -1.88. The van der Waals surface area contributed by atoms with E-state index in [0.717, 1.165) is 16.5 Å². The summed E-state index contributed by atoms with van der Waals surface area (Å²) in [6, 6.07) is 9.69. The number of fused-ring (bicyclic) bond motifs is 1. The molecule has 102 valence electrons. The molecule has 2 N–H and O–H groups in total. The normalized spacial score (nSPS) is 13.4. The van der Waals surface area contributed by atoms with Gasteiger partial charge in [0, 0.05) is 16.7 Å². The van der Waals surface area contributed by atoms with Gasteiger partial charge in [-0.25, -0.2) is 4.39 Å². The molecular formula is C15H12BrFN2O. The lowest BCUT2D eigenvalue weighted by Gasteiger charge is -2.18. The minimum Gasteiger partial charge on any atom is -0.398 e. The van der Waals surface area contributed by atoms with Crippen molar-refractivity contribution in [1.82, 2.24) is 0 Å². The summed E-state index contributed by atoms with van der Waals surface area (Å²) in [5, 5.41) is 0. The smallest absolute Gasteiger partial charge is 0.260 e. The third-order valence-corrected chi connectivity index (χ3v) is 3.93. The molecule has 0 unspecified atom stereocenters. The Balaban J connectivity index is 2.01. The monoisotopic (exact) mass is 334 g/mol. The SMILES string of the molecule is Nc1ccc(Br)cc1C(=O)N1CCc2ccc(F)cc21. The summed E-state index contributed by atoms with van der Waals surface area (Å²) in [5.41, 5.74) is 8.33. The molecule has 0 saturated heterocycles. The number of rotatable bonds is 1. The van der Waals surface area contributed by atoms with Gasteiger partial charge in [-0.3, -0.25) is 4.79 Å². The summed E-state index contributed by atoms with van der Waals surface area (Å²) in [7, 11) is 0. The van der Waals surface area contributed by atoms with E-state index in [2.05, 4.69) is 15.9 Å². The lowest BCUT2D eigenvalue weighted by molar-refractivity contribution is 0.0990. The van der Waals surface area contributed by atoms with E-state index in [1.54, 1.807) is 29.2 Å². The number of nitrogens with two attached hydrogens (primary N) is 1. The molecular weight excluding hydrogens is 323 g/mol. The van der Waals surface area contributed by atoms with E-state index in [1.165, 1.54) is 12.1 Å². The van der Waals surface area contributed by atoms with Gasteiger partial charge in [-0.1, -0.05) is 22.0 Å². The maximum Gasteiger partial charge on any atom is 0.260 e. The Morgan fingerprint density at radius 3 is 2.85 bits per heavy atom. The maximum atomic E-state index is 13.4. The highest BCUT2D eigenvalue weighted by Crippen LogP contribution is 2.31. The van der Waals surface area contributed by atoms with Crippen molar-refractivity contribution in [3.63, 3.8) is 0 Å². The van der Waals surface area contributed by atoms with Gasteiger partial charge in [-0.15, -0.1) is 0 Å². The Morgan fingerprint density at radius 2 is 2.05 bits per heavy atom. The first-order chi connectivity index (χ1) is 9.56. The molecule has 3 rings (SSSR count). The van der Waals surface area contributed by atoms with Crippen molar-refractivity contribution >= 4 is 33.2 Å². The summed E-state index contributed by atoms with van der Waals surface area (Å²) in [6.07, 6.45) is 0.731. The molecule has 1 amide bonds. The lowest BCUT2D eigenvalue weighted by Crippen LogP contribution is -2.29. The Morgan fingerprint density at radius 1 is 1.25 bits per heavy atom. The quantitative estimate of drug-likeness (QED) is 0.812. The Bertz CT molecular complexity index is 702. The number of anilines is 2. The number of hydrogen-bond donors (Lipinski definition) is 1. The standard InChI is InChI=1S/C15H12BrFN2O/c16-10-2-4-13(18)12(7-10)15(20)19-6-5-9-1-3-11(17)8-14(9)19/h1-4,7-8H,5-6,18H2. The van der Waals surface area contributed by atoms with Crippen LogP contribution in [0.3, 0.4) is 0 Å². The molecule has 3 nitrogen and oxygen atoms in total. The first kappa shape index (κ1) is 13.1. The minimum atomic E-state index is -0.342. The van der Waals surface area contributed by atoms with Gasteiger partial charge < -0.3 is 10.6 Å². The van der Waals surface area contributed by atoms with Gasteiger partial charge in [0.2, 0.25) is 0 Å². The molecule has 1 aliphatic rings. The molecule has 0 aliphatic carbocycles. The fourth-order valence-electron chi connectivity index (χ4n) is 2.42. The van der Waals surface area contributed by atoms with E-state index >= 15 is 0 Å². The highest BCUT2D eigenvalue weighted by atomic mass is 79.9. The van der Waals surface area contributed by atoms with Crippen molar-refractivity contribution in [2.45, 2.75) is 6.42 Å². The molecule has 2 aromatic carbocycles. The van der Waals surface area contributed by atoms with Gasteiger partial charge in [0.1, 0.15) is 5.82 Å². The average Bonchev–Trinajstić information content (AvgIpc) is 2.83. The van der Waals surface area contributed by atoms with Crippen LogP contribution >= 0.6 is 15.9 Å². The molecule has 20 heavy (non-hydrogen) atoms. The highest BCUT2D eigenvalue weighted by Gasteiger charge is 2.27. The number of halogens is 2. The predicted octanol–water partition coefficient (Wildman–Crippen LogP) is 3.37. The van der Waals surface area contributed by atoms with Crippen LogP contribution in [-0.4, -0.2) is 12.5 Å². The number of nitrogen functional groups attached to an aromatic ring is 1. The van der Waals surface area contributed by atoms with E-state index in [9.17, 15) is 9.18 Å². The summed E-state index contributed by atoms with van der Waals surface area (Å²) in [6.45, 7) is 0.545. The molecule has 0 spiro atoms. The average molecular weight is 335 g/mol. The predicted molar refractivity (Wildman–Crippen MR) is 80.3 cm³/mol. The molecule has 1 aliphatic heterocycles. The van der Waals surface area contributed by atoms with E-state index in [-0.39, 0.29) is 11.7 Å². The number of carbonyl (C=O) groups excluding carboxylic acids is 1. The highest BCUT2D eigenvalue weighted by molar-refractivity contribution is 9.10. The van der Waals surface area contributed by atoms with E-state index in [4.69, 9.17) is 5.73 Å². The van der Waals surface area contributed by atoms with Gasteiger partial charge in [-0.05, 0) is 42.3 Å². The molecule has 5 heteroatoms. The second kappa shape index (κ2) is 4.90. The van der Waals surface area contributed by atoms with Crippen LogP contribution in [0.1, 0.15) is 15.9 Å². The van der Waals surface area contributed by atoms with Gasteiger partial charge in [-0.2, -0.15) is 0 Å². The topological polar surface area (TPSA) is 46.3 Å². The Kier molecular flexibility index (Phi) is 3.22. The second-order valence-electron chi connectivity index (χ2n) is 4.71. The lowest BCUT2D eigenvalue weighted by atomic mass is 10.1. The van der Waals surface area contributed by atoms with Gasteiger partial charge in [0.05, 0.1) is 11.3 Å². The van der Waals surface area contributed by atoms with Crippen LogP contribution < -0.4 is 10.6 Å². The molecule has 0 saturated carbocycles. The third-order valence-electron chi connectivity index (χ3n) is 3.43. The largest absolute Gasteiger partial charge is 0.398 e. The molecule has 1 heterocycles. The van der Waals surface area contributed by atoms with Gasteiger partial charge >= 0.3 is 0 Å². The molecule has 0 fully saturated rings. The van der Waals surface area contributed by atoms with Crippen molar-refractivity contribution in [3.8, 4) is 0 Å². The fourth-order valence-corrected chi connectivity index (χ4v) is 2.78. The number of carbonyl (C=O) groups is 1. The first-order valence-electron chi connectivity index (χ1n) is 6.21. The number of nitrogens with zero attached hydrogens (tertiary/aromatic N) is 1. The maximum absolute atomic E-state index is 13.4. The van der Waals surface area contributed by atoms with E-state index in [0.29, 0.717) is 23.5 Å². The number of benzene rings is 2. The first-order valence-corrected chi connectivity index (χ1v) is 7.01. The van der Waals surface area contributed by atoms with E-state index in [1.807, 2.05) is 0 Å². The van der Waals surface area contributed by atoms with Crippen LogP contribution in [-0.2, 0) is 6.42 Å². The van der Waals surface area contributed by atoms with Crippen molar-refractivity contribution in [1.29, 1.82) is 0 Å². The summed E-state index contributed by atoms with van der Waals surface area (Å²) in [5.74, 6) is -0.543. The zero-order valence-electron chi connectivity index (χ0n) is 10.6. The van der Waals surface area contributed by atoms with Crippen molar-refractivity contribution in [3.05, 3.63) is 57.8 Å². The molecule has 0 radical (unpaired) electrons. The van der Waals surface area contributed by atoms with Crippen molar-refractivity contribution in [2.75, 3.05) is 17.2 Å². The van der Waals surface area contributed by atoms with Crippen LogP contribution in [0.25, 0.3) is 0 Å². The van der Waals surface area contributed by atoms with Crippen LogP contribution in [0.4, 0.5) is 15.8 Å². The number of amides is 1. The van der Waals surface area contributed by atoms with Crippen molar-refractivity contribution < 1.29 is 9.18 Å². The zero-order valence-corrected chi connectivity index (χ0v) is 12.2. The van der Waals surface area contributed by atoms with Crippen molar-refractivity contribution in [2.24, 2.45) is 0 Å². The molecule has 0 bridgehead atoms. The van der Waals surface area contributed by atoms with Crippen LogP contribution in [0.5, 0.6) is 0 Å². The molecule has 0 atom stereocenters. The zero-order chi connectivity index (χ0) is 14.3. The van der Waals surface area contributed by atoms with Gasteiger partial charge in [0.15, 0.2) is 0 Å². The fraction of sp³-hybridized carbons (Fsp3) is 0.133. The second-order valence-corrected chi connectivity index (χ2v) is 5.63. The van der Waals surface area contributed by atoms with Crippen LogP contribution in [0, 0.1) is 5.82 Å². The van der Waals surface area contributed by atoms with E-state index < -0.39 is 0 Å². The minimum absolute atomic E-state index is 0.201. The number of hydrogen-bond acceptors (Lipinski definition) is 2. The summed E-state index contributed by atoms with van der Waals surface area (Å²) >= 11 is 3.33. The van der Waals surface area contributed by atoms with Gasteiger partial charge in [0.25, 0.3) is 5.91 Å². The third kappa shape index (κ3) is 2.18. The van der Waals surface area contributed by atoms with Crippen LogP contribution in [0.15, 0.2) is 40.9 Å². The Labute approximate surface area is 124 Å². The summed E-state index contributed by atoms with van der Waals surface area (Å²) in [4.78, 5) is 14.2. The molecule has 0 aromatic heterocycles.